The van der Waals surface area contributed by atoms with Crippen LogP contribution in [0, 0.1) is 6.92 Å². The van der Waals surface area contributed by atoms with Gasteiger partial charge in [-0.1, -0.05) is 0 Å². The molecule has 0 amide bonds. The van der Waals surface area contributed by atoms with Crippen molar-refractivity contribution in [1.29, 1.82) is 0 Å². The summed E-state index contributed by atoms with van der Waals surface area (Å²) < 4.78 is 5.82. The molecule has 4 nitrogen and oxygen atoms in total. The molecule has 21 heavy (non-hydrogen) atoms. The van der Waals surface area contributed by atoms with E-state index in [0.717, 1.165) is 28.8 Å². The zero-order chi connectivity index (χ0) is 15.6. The first-order chi connectivity index (χ1) is 9.93. The Morgan fingerprint density at radius 2 is 2.00 bits per heavy atom. The minimum absolute atomic E-state index is 0.159. The Kier molecular flexibility index (Phi) is 4.68. The highest BCUT2D eigenvalue weighted by Gasteiger charge is 2.15. The first kappa shape index (κ1) is 15.6. The van der Waals surface area contributed by atoms with Crippen molar-refractivity contribution in [3.63, 3.8) is 0 Å². The Hall–Kier alpha value is -1.81. The molecular weight excluding hydrogens is 262 g/mol. The average Bonchev–Trinajstić information content (AvgIpc) is 2.39. The van der Waals surface area contributed by atoms with Crippen LogP contribution in [0.1, 0.15) is 25.1 Å². The Morgan fingerprint density at radius 3 is 2.57 bits per heavy atom. The molecule has 1 heterocycles. The maximum absolute atomic E-state index is 5.82. The molecule has 0 saturated carbocycles. The molecule has 0 bridgehead atoms. The predicted molar refractivity (Wildman–Crippen MR) is 89.3 cm³/mol. The molecule has 0 fully saturated rings. The number of fused-ring (bicyclic) bond motifs is 1. The molecule has 0 unspecified atom stereocenters. The van der Waals surface area contributed by atoms with Gasteiger partial charge in [0.1, 0.15) is 5.75 Å². The molecule has 1 aromatic carbocycles. The van der Waals surface area contributed by atoms with E-state index in [1.54, 1.807) is 0 Å². The molecule has 114 valence electrons. The molecule has 0 aliphatic carbocycles. The average molecular weight is 287 g/mol. The highest BCUT2D eigenvalue weighted by Crippen LogP contribution is 2.33. The van der Waals surface area contributed by atoms with Crippen molar-refractivity contribution < 1.29 is 4.74 Å². The molecule has 2 rings (SSSR count). The summed E-state index contributed by atoms with van der Waals surface area (Å²) in [6, 6.07) is 6.09. The Balaban J connectivity index is 2.68. The number of nitrogens with two attached hydrogens (primary N) is 1. The van der Waals surface area contributed by atoms with Gasteiger partial charge in [0.25, 0.3) is 0 Å². The molecule has 0 spiro atoms. The normalized spacial score (nSPS) is 11.2. The summed E-state index contributed by atoms with van der Waals surface area (Å²) in [6.07, 6.45) is 0.990. The van der Waals surface area contributed by atoms with Gasteiger partial charge in [0.05, 0.1) is 17.3 Å². The number of pyridine rings is 1. The highest BCUT2D eigenvalue weighted by atomic mass is 16.5. The molecule has 2 aromatic rings. The van der Waals surface area contributed by atoms with Crippen LogP contribution in [0.2, 0.25) is 0 Å². The number of ether oxygens (including phenoxy) is 1. The Morgan fingerprint density at radius 1 is 1.29 bits per heavy atom. The van der Waals surface area contributed by atoms with E-state index in [4.69, 9.17) is 15.5 Å². The van der Waals surface area contributed by atoms with Crippen molar-refractivity contribution in [2.45, 2.75) is 33.3 Å². The molecule has 0 aliphatic heterocycles. The van der Waals surface area contributed by atoms with Gasteiger partial charge < -0.3 is 15.4 Å². The molecular formula is C17H25N3O. The monoisotopic (exact) mass is 287 g/mol. The summed E-state index contributed by atoms with van der Waals surface area (Å²) in [5.41, 5.74) is 10.2. The number of rotatable bonds is 5. The van der Waals surface area contributed by atoms with E-state index in [9.17, 15) is 0 Å². The number of hydrogen-bond acceptors (Lipinski definition) is 4. The molecule has 0 atom stereocenters. The SMILES string of the molecule is Cc1nc2ccc(OC(C)C)cc2c(N(C)C)c1CCN. The lowest BCUT2D eigenvalue weighted by Crippen LogP contribution is -2.16. The first-order valence-corrected chi connectivity index (χ1v) is 7.41. The second kappa shape index (κ2) is 6.31. The lowest BCUT2D eigenvalue weighted by molar-refractivity contribution is 0.243. The van der Waals surface area contributed by atoms with Gasteiger partial charge in [-0.2, -0.15) is 0 Å². The molecule has 0 radical (unpaired) electrons. The maximum Gasteiger partial charge on any atom is 0.120 e. The van der Waals surface area contributed by atoms with Crippen LogP contribution in [0.4, 0.5) is 5.69 Å². The van der Waals surface area contributed by atoms with Crippen molar-refractivity contribution in [3.8, 4) is 5.75 Å². The van der Waals surface area contributed by atoms with Crippen LogP contribution in [0.5, 0.6) is 5.75 Å². The number of aryl methyl sites for hydroxylation is 1. The van der Waals surface area contributed by atoms with Gasteiger partial charge >= 0.3 is 0 Å². The summed E-state index contributed by atoms with van der Waals surface area (Å²) >= 11 is 0. The standard InChI is InChI=1S/C17H25N3O/c1-11(2)21-13-6-7-16-15(10-13)17(20(4)5)14(8-9-18)12(3)19-16/h6-7,10-11H,8-9,18H2,1-5H3. The van der Waals surface area contributed by atoms with E-state index in [-0.39, 0.29) is 6.10 Å². The van der Waals surface area contributed by atoms with E-state index in [2.05, 4.69) is 32.0 Å². The number of anilines is 1. The molecule has 0 saturated heterocycles. The number of aromatic nitrogens is 1. The fourth-order valence-corrected chi connectivity index (χ4v) is 2.68. The summed E-state index contributed by atoms with van der Waals surface area (Å²) in [6.45, 7) is 6.74. The third-order valence-corrected chi connectivity index (χ3v) is 3.45. The van der Waals surface area contributed by atoms with Crippen LogP contribution < -0.4 is 15.4 Å². The van der Waals surface area contributed by atoms with Gasteiger partial charge in [-0.25, -0.2) is 0 Å². The highest BCUT2D eigenvalue weighted by molar-refractivity contribution is 5.94. The number of hydrogen-bond donors (Lipinski definition) is 1. The van der Waals surface area contributed by atoms with Crippen molar-refractivity contribution in [2.75, 3.05) is 25.5 Å². The minimum atomic E-state index is 0.159. The van der Waals surface area contributed by atoms with Crippen molar-refractivity contribution >= 4 is 16.6 Å². The van der Waals surface area contributed by atoms with Crippen LogP contribution in [0.15, 0.2) is 18.2 Å². The van der Waals surface area contributed by atoms with E-state index < -0.39 is 0 Å². The topological polar surface area (TPSA) is 51.4 Å². The van der Waals surface area contributed by atoms with E-state index >= 15 is 0 Å². The largest absolute Gasteiger partial charge is 0.491 e. The van der Waals surface area contributed by atoms with Crippen molar-refractivity contribution in [3.05, 3.63) is 29.5 Å². The van der Waals surface area contributed by atoms with E-state index in [0.29, 0.717) is 6.54 Å². The molecule has 2 N–H and O–H groups in total. The third kappa shape index (κ3) is 3.27. The Bertz CT molecular complexity index is 635. The second-order valence-electron chi connectivity index (χ2n) is 5.80. The molecule has 4 heteroatoms. The first-order valence-electron chi connectivity index (χ1n) is 7.41. The smallest absolute Gasteiger partial charge is 0.120 e. The lowest BCUT2D eigenvalue weighted by atomic mass is 10.0. The quantitative estimate of drug-likeness (QED) is 0.918. The zero-order valence-corrected chi connectivity index (χ0v) is 13.6. The van der Waals surface area contributed by atoms with Crippen LogP contribution in [0.3, 0.4) is 0 Å². The fourth-order valence-electron chi connectivity index (χ4n) is 2.68. The minimum Gasteiger partial charge on any atom is -0.491 e. The molecule has 0 aliphatic rings. The summed E-state index contributed by atoms with van der Waals surface area (Å²) in [4.78, 5) is 6.86. The van der Waals surface area contributed by atoms with Crippen LogP contribution in [-0.2, 0) is 6.42 Å². The van der Waals surface area contributed by atoms with Crippen molar-refractivity contribution in [1.82, 2.24) is 4.98 Å². The van der Waals surface area contributed by atoms with Gasteiger partial charge in [-0.3, -0.25) is 4.98 Å². The van der Waals surface area contributed by atoms with Crippen LogP contribution in [0.25, 0.3) is 10.9 Å². The van der Waals surface area contributed by atoms with Gasteiger partial charge in [0.15, 0.2) is 0 Å². The number of nitrogens with zero attached hydrogens (tertiary/aromatic N) is 2. The van der Waals surface area contributed by atoms with Gasteiger partial charge in [-0.05, 0) is 57.5 Å². The second-order valence-corrected chi connectivity index (χ2v) is 5.80. The Labute approximate surface area is 126 Å². The van der Waals surface area contributed by atoms with Crippen LogP contribution in [-0.4, -0.2) is 31.7 Å². The lowest BCUT2D eigenvalue weighted by Gasteiger charge is -2.22. The molecule has 1 aromatic heterocycles. The maximum atomic E-state index is 5.82. The fraction of sp³-hybridized carbons (Fsp3) is 0.471. The van der Waals surface area contributed by atoms with E-state index in [1.807, 2.05) is 26.0 Å². The summed E-state index contributed by atoms with van der Waals surface area (Å²) in [5, 5.41) is 1.12. The van der Waals surface area contributed by atoms with Crippen molar-refractivity contribution in [2.24, 2.45) is 5.73 Å². The zero-order valence-electron chi connectivity index (χ0n) is 13.6. The van der Waals surface area contributed by atoms with Gasteiger partial charge in [0, 0.05) is 25.2 Å². The van der Waals surface area contributed by atoms with Gasteiger partial charge in [0.2, 0.25) is 0 Å². The third-order valence-electron chi connectivity index (χ3n) is 3.45. The predicted octanol–water partition coefficient (Wildman–Crippen LogP) is 2.90. The van der Waals surface area contributed by atoms with Gasteiger partial charge in [-0.15, -0.1) is 0 Å². The summed E-state index contributed by atoms with van der Waals surface area (Å²) in [5.74, 6) is 0.880. The van der Waals surface area contributed by atoms with Crippen LogP contribution >= 0.6 is 0 Å². The summed E-state index contributed by atoms with van der Waals surface area (Å²) in [7, 11) is 4.12. The number of benzene rings is 1. The van der Waals surface area contributed by atoms with E-state index in [1.165, 1.54) is 11.3 Å².